The molecule has 2 nitrogen and oxygen atoms in total. The highest BCUT2D eigenvalue weighted by atomic mass is 32.1. The molecule has 0 amide bonds. The van der Waals surface area contributed by atoms with Crippen LogP contribution in [0.1, 0.15) is 57.3 Å². The van der Waals surface area contributed by atoms with E-state index < -0.39 is 0 Å². The van der Waals surface area contributed by atoms with Crippen LogP contribution in [0.5, 0.6) is 0 Å². The van der Waals surface area contributed by atoms with Crippen molar-refractivity contribution in [3.63, 3.8) is 0 Å². The van der Waals surface area contributed by atoms with E-state index in [-0.39, 0.29) is 0 Å². The highest BCUT2D eigenvalue weighted by Gasteiger charge is 2.17. The second-order valence-electron chi connectivity index (χ2n) is 5.50. The van der Waals surface area contributed by atoms with Gasteiger partial charge in [-0.15, -0.1) is 11.3 Å². The molecule has 1 atom stereocenters. The van der Waals surface area contributed by atoms with Crippen LogP contribution >= 0.6 is 11.3 Å². The van der Waals surface area contributed by atoms with Crippen molar-refractivity contribution < 1.29 is 0 Å². The van der Waals surface area contributed by atoms with Crippen LogP contribution in [0.2, 0.25) is 0 Å². The molecule has 1 rings (SSSR count). The van der Waals surface area contributed by atoms with E-state index in [0.29, 0.717) is 11.5 Å². The SMILES string of the molecule is CCNC(CCC(C)(C)C)c1csc(C)n1. The summed E-state index contributed by atoms with van der Waals surface area (Å²) < 4.78 is 0. The molecule has 0 bridgehead atoms. The molecule has 0 spiro atoms. The Morgan fingerprint density at radius 1 is 1.44 bits per heavy atom. The standard InChI is InChI=1S/C13H24N2S/c1-6-14-11(7-8-13(3,4)5)12-9-16-10(2)15-12/h9,11,14H,6-8H2,1-5H3. The Balaban J connectivity index is 2.61. The highest BCUT2D eigenvalue weighted by Crippen LogP contribution is 2.27. The zero-order chi connectivity index (χ0) is 12.2. The first-order valence-corrected chi connectivity index (χ1v) is 6.96. The molecule has 0 radical (unpaired) electrons. The van der Waals surface area contributed by atoms with Gasteiger partial charge in [-0.1, -0.05) is 27.7 Å². The number of thiazole rings is 1. The van der Waals surface area contributed by atoms with E-state index in [0.717, 1.165) is 11.6 Å². The average molecular weight is 240 g/mol. The highest BCUT2D eigenvalue weighted by molar-refractivity contribution is 7.09. The van der Waals surface area contributed by atoms with Crippen molar-refractivity contribution in [2.24, 2.45) is 5.41 Å². The van der Waals surface area contributed by atoms with Crippen LogP contribution in [0.25, 0.3) is 0 Å². The molecule has 0 aliphatic carbocycles. The normalized spacial score (nSPS) is 14.1. The van der Waals surface area contributed by atoms with Crippen molar-refractivity contribution in [1.29, 1.82) is 0 Å². The number of nitrogens with zero attached hydrogens (tertiary/aromatic N) is 1. The lowest BCUT2D eigenvalue weighted by Crippen LogP contribution is -2.23. The summed E-state index contributed by atoms with van der Waals surface area (Å²) in [5.41, 5.74) is 1.62. The number of rotatable bonds is 5. The lowest BCUT2D eigenvalue weighted by molar-refractivity contribution is 0.332. The molecule has 0 aromatic carbocycles. The summed E-state index contributed by atoms with van der Waals surface area (Å²) in [4.78, 5) is 4.59. The minimum Gasteiger partial charge on any atom is -0.309 e. The Kier molecular flexibility index (Phi) is 4.93. The van der Waals surface area contributed by atoms with Gasteiger partial charge in [0.2, 0.25) is 0 Å². The van der Waals surface area contributed by atoms with Crippen LogP contribution in [0, 0.1) is 12.3 Å². The van der Waals surface area contributed by atoms with Crippen LogP contribution in [-0.2, 0) is 0 Å². The number of aromatic nitrogens is 1. The molecule has 1 aromatic rings. The Hall–Kier alpha value is -0.410. The van der Waals surface area contributed by atoms with Gasteiger partial charge < -0.3 is 5.32 Å². The van der Waals surface area contributed by atoms with Gasteiger partial charge in [0.05, 0.1) is 16.7 Å². The minimum absolute atomic E-state index is 0.402. The molecular weight excluding hydrogens is 216 g/mol. The van der Waals surface area contributed by atoms with Crippen molar-refractivity contribution in [2.45, 2.75) is 53.5 Å². The lowest BCUT2D eigenvalue weighted by Gasteiger charge is -2.22. The van der Waals surface area contributed by atoms with Crippen LogP contribution < -0.4 is 5.32 Å². The molecule has 3 heteroatoms. The van der Waals surface area contributed by atoms with Gasteiger partial charge in [-0.25, -0.2) is 4.98 Å². The van der Waals surface area contributed by atoms with Gasteiger partial charge in [0.1, 0.15) is 0 Å². The predicted octanol–water partition coefficient (Wildman–Crippen LogP) is 3.93. The Labute approximate surface area is 103 Å². The van der Waals surface area contributed by atoms with Gasteiger partial charge in [0.15, 0.2) is 0 Å². The topological polar surface area (TPSA) is 24.9 Å². The Morgan fingerprint density at radius 3 is 2.56 bits per heavy atom. The van der Waals surface area contributed by atoms with E-state index in [1.165, 1.54) is 18.5 Å². The summed E-state index contributed by atoms with van der Waals surface area (Å²) in [5, 5.41) is 6.88. The summed E-state index contributed by atoms with van der Waals surface area (Å²) in [6.07, 6.45) is 2.39. The predicted molar refractivity (Wildman–Crippen MR) is 72.0 cm³/mol. The first-order valence-electron chi connectivity index (χ1n) is 6.08. The second kappa shape index (κ2) is 5.78. The van der Waals surface area contributed by atoms with E-state index in [1.54, 1.807) is 11.3 Å². The van der Waals surface area contributed by atoms with E-state index in [2.05, 4.69) is 50.3 Å². The molecule has 16 heavy (non-hydrogen) atoms. The third-order valence-electron chi connectivity index (χ3n) is 2.63. The first kappa shape index (κ1) is 13.7. The van der Waals surface area contributed by atoms with Crippen molar-refractivity contribution in [1.82, 2.24) is 10.3 Å². The Morgan fingerprint density at radius 2 is 2.12 bits per heavy atom. The molecule has 92 valence electrons. The monoisotopic (exact) mass is 240 g/mol. The van der Waals surface area contributed by atoms with Crippen LogP contribution in [0.15, 0.2) is 5.38 Å². The Bertz CT molecular complexity index is 312. The quantitative estimate of drug-likeness (QED) is 0.843. The summed E-state index contributed by atoms with van der Waals surface area (Å²) in [6, 6.07) is 0.425. The van der Waals surface area contributed by atoms with Crippen LogP contribution in [0.4, 0.5) is 0 Å². The van der Waals surface area contributed by atoms with Gasteiger partial charge in [-0.2, -0.15) is 0 Å². The third-order valence-corrected chi connectivity index (χ3v) is 3.42. The second-order valence-corrected chi connectivity index (χ2v) is 6.56. The smallest absolute Gasteiger partial charge is 0.0898 e. The van der Waals surface area contributed by atoms with Gasteiger partial charge in [-0.05, 0) is 31.7 Å². The molecule has 1 N–H and O–H groups in total. The van der Waals surface area contributed by atoms with E-state index >= 15 is 0 Å². The third kappa shape index (κ3) is 4.62. The molecule has 1 unspecified atom stereocenters. The molecule has 1 aromatic heterocycles. The summed E-state index contributed by atoms with van der Waals surface area (Å²) >= 11 is 1.74. The van der Waals surface area contributed by atoms with E-state index in [4.69, 9.17) is 0 Å². The molecule has 1 heterocycles. The van der Waals surface area contributed by atoms with Crippen molar-refractivity contribution in [3.8, 4) is 0 Å². The average Bonchev–Trinajstić information content (AvgIpc) is 2.57. The molecule has 0 aliphatic rings. The van der Waals surface area contributed by atoms with E-state index in [9.17, 15) is 0 Å². The maximum Gasteiger partial charge on any atom is 0.0898 e. The van der Waals surface area contributed by atoms with Crippen molar-refractivity contribution in [2.75, 3.05) is 6.54 Å². The van der Waals surface area contributed by atoms with Gasteiger partial charge in [0.25, 0.3) is 0 Å². The summed E-state index contributed by atoms with van der Waals surface area (Å²) in [5.74, 6) is 0. The number of aryl methyl sites for hydroxylation is 1. The van der Waals surface area contributed by atoms with E-state index in [1.807, 2.05) is 0 Å². The molecular formula is C13H24N2S. The minimum atomic E-state index is 0.402. The largest absolute Gasteiger partial charge is 0.309 e. The van der Waals surface area contributed by atoms with Gasteiger partial charge >= 0.3 is 0 Å². The molecule has 0 saturated heterocycles. The van der Waals surface area contributed by atoms with Crippen molar-refractivity contribution >= 4 is 11.3 Å². The lowest BCUT2D eigenvalue weighted by atomic mass is 9.88. The van der Waals surface area contributed by atoms with Gasteiger partial charge in [-0.3, -0.25) is 0 Å². The zero-order valence-corrected chi connectivity index (χ0v) is 11.9. The fraction of sp³-hybridized carbons (Fsp3) is 0.769. The first-order chi connectivity index (χ1) is 7.42. The number of nitrogens with one attached hydrogen (secondary N) is 1. The zero-order valence-electron chi connectivity index (χ0n) is 11.1. The molecule has 0 fully saturated rings. The fourth-order valence-corrected chi connectivity index (χ4v) is 2.38. The molecule has 0 aliphatic heterocycles. The summed E-state index contributed by atoms with van der Waals surface area (Å²) in [6.45, 7) is 12.1. The fourth-order valence-electron chi connectivity index (χ4n) is 1.72. The van der Waals surface area contributed by atoms with Gasteiger partial charge in [0, 0.05) is 5.38 Å². The van der Waals surface area contributed by atoms with Crippen molar-refractivity contribution in [3.05, 3.63) is 16.1 Å². The number of hydrogen-bond donors (Lipinski definition) is 1. The van der Waals surface area contributed by atoms with Crippen LogP contribution in [-0.4, -0.2) is 11.5 Å². The maximum atomic E-state index is 4.59. The summed E-state index contributed by atoms with van der Waals surface area (Å²) in [7, 11) is 0. The number of hydrogen-bond acceptors (Lipinski definition) is 3. The maximum absolute atomic E-state index is 4.59. The van der Waals surface area contributed by atoms with Crippen LogP contribution in [0.3, 0.4) is 0 Å². The molecule has 0 saturated carbocycles.